The molecule has 0 fully saturated rings. The van der Waals surface area contributed by atoms with Crippen LogP contribution in [0.3, 0.4) is 0 Å². The smallest absolute Gasteiger partial charge is 0.248 e. The number of hydrogen-bond acceptors (Lipinski definition) is 3. The standard InChI is InChI=1S/C18H15NO3/c1-10-8-16(20)19-13-7-6-11-12(17(10)13)9-22-15-5-3-4-14(21-2)18(11)15/h3-9,15H,1-2H3,(H,19,20)/t15-/m1/s1. The second-order valence-electron chi connectivity index (χ2n) is 5.47. The Balaban J connectivity index is 2.20. The average Bonchev–Trinajstić information content (AvgIpc) is 2.52. The lowest BCUT2D eigenvalue weighted by Crippen LogP contribution is -2.38. The summed E-state index contributed by atoms with van der Waals surface area (Å²) in [5.74, 6) is 0.809. The highest BCUT2D eigenvalue weighted by atomic mass is 16.5. The van der Waals surface area contributed by atoms with Crippen molar-refractivity contribution < 1.29 is 9.47 Å². The Kier molecular flexibility index (Phi) is 2.73. The van der Waals surface area contributed by atoms with Gasteiger partial charge in [0, 0.05) is 27.8 Å². The van der Waals surface area contributed by atoms with Crippen LogP contribution in [0.5, 0.6) is 0 Å². The largest absolute Gasteiger partial charge is 0.496 e. The van der Waals surface area contributed by atoms with Gasteiger partial charge in [-0.2, -0.15) is 0 Å². The number of methoxy groups -OCH3 is 1. The molecule has 4 nitrogen and oxygen atoms in total. The topological polar surface area (TPSA) is 51.3 Å². The Morgan fingerprint density at radius 2 is 2.18 bits per heavy atom. The highest BCUT2D eigenvalue weighted by Gasteiger charge is 2.24. The van der Waals surface area contributed by atoms with E-state index >= 15 is 0 Å². The van der Waals surface area contributed by atoms with Gasteiger partial charge >= 0.3 is 0 Å². The Labute approximate surface area is 126 Å². The van der Waals surface area contributed by atoms with Gasteiger partial charge in [-0.25, -0.2) is 0 Å². The molecule has 1 aliphatic carbocycles. The molecule has 1 atom stereocenters. The second kappa shape index (κ2) is 4.63. The fraction of sp³-hybridized carbons (Fsp3) is 0.167. The molecule has 0 saturated carbocycles. The number of H-pyrrole nitrogens is 1. The zero-order valence-electron chi connectivity index (χ0n) is 12.3. The van der Waals surface area contributed by atoms with Gasteiger partial charge in [0.1, 0.15) is 11.9 Å². The molecule has 0 saturated heterocycles. The van der Waals surface area contributed by atoms with Gasteiger partial charge in [0.15, 0.2) is 0 Å². The van der Waals surface area contributed by atoms with Gasteiger partial charge in [-0.1, -0.05) is 12.1 Å². The zero-order valence-corrected chi connectivity index (χ0v) is 12.3. The van der Waals surface area contributed by atoms with E-state index in [0.29, 0.717) is 0 Å². The van der Waals surface area contributed by atoms with Gasteiger partial charge in [0.25, 0.3) is 0 Å². The van der Waals surface area contributed by atoms with Crippen molar-refractivity contribution in [2.75, 3.05) is 7.11 Å². The number of rotatable bonds is 1. The predicted molar refractivity (Wildman–Crippen MR) is 85.5 cm³/mol. The first-order chi connectivity index (χ1) is 10.7. The van der Waals surface area contributed by atoms with Gasteiger partial charge in [-0.05, 0) is 35.9 Å². The van der Waals surface area contributed by atoms with Crippen LogP contribution in [-0.2, 0) is 9.47 Å². The second-order valence-corrected chi connectivity index (χ2v) is 5.47. The van der Waals surface area contributed by atoms with Gasteiger partial charge in [-0.3, -0.25) is 4.79 Å². The molecule has 110 valence electrons. The molecule has 1 N–H and O–H groups in total. The van der Waals surface area contributed by atoms with Gasteiger partial charge < -0.3 is 14.5 Å². The average molecular weight is 293 g/mol. The fourth-order valence-corrected chi connectivity index (χ4v) is 3.23. The Morgan fingerprint density at radius 1 is 1.32 bits per heavy atom. The molecule has 0 radical (unpaired) electrons. The van der Waals surface area contributed by atoms with Crippen LogP contribution in [0.4, 0.5) is 0 Å². The number of ether oxygens (including phenoxy) is 2. The summed E-state index contributed by atoms with van der Waals surface area (Å²) in [4.78, 5) is 14.5. The van der Waals surface area contributed by atoms with Crippen molar-refractivity contribution in [3.05, 3.63) is 68.5 Å². The molecule has 4 heteroatoms. The van der Waals surface area contributed by atoms with Crippen LogP contribution < -0.4 is 16.0 Å². The SMILES string of the molecule is COC1=CC=C[C@H]2OC=c3c(ccc4[nH]c(=O)cc(C)c34)=C12. The van der Waals surface area contributed by atoms with Crippen molar-refractivity contribution in [3.63, 3.8) is 0 Å². The minimum atomic E-state index is -0.132. The number of allylic oxidation sites excluding steroid dienone is 2. The number of aryl methyl sites for hydroxylation is 1. The third-order valence-corrected chi connectivity index (χ3v) is 4.17. The van der Waals surface area contributed by atoms with Gasteiger partial charge in [-0.15, -0.1) is 0 Å². The van der Waals surface area contributed by atoms with E-state index in [0.717, 1.165) is 38.2 Å². The summed E-state index contributed by atoms with van der Waals surface area (Å²) >= 11 is 0. The van der Waals surface area contributed by atoms with E-state index in [4.69, 9.17) is 9.47 Å². The lowest BCUT2D eigenvalue weighted by Gasteiger charge is -2.24. The van der Waals surface area contributed by atoms with Crippen LogP contribution in [0.2, 0.25) is 0 Å². The quantitative estimate of drug-likeness (QED) is 0.860. The normalized spacial score (nSPS) is 18.9. The van der Waals surface area contributed by atoms with Crippen LogP contribution in [0.15, 0.2) is 47.0 Å². The number of hydrogen-bond donors (Lipinski definition) is 1. The maximum Gasteiger partial charge on any atom is 0.248 e. The molecular weight excluding hydrogens is 278 g/mol. The van der Waals surface area contributed by atoms with E-state index in [1.807, 2.05) is 37.3 Å². The fourth-order valence-electron chi connectivity index (χ4n) is 3.23. The van der Waals surface area contributed by atoms with Crippen molar-refractivity contribution in [1.82, 2.24) is 4.98 Å². The Hall–Kier alpha value is -2.75. The Morgan fingerprint density at radius 3 is 3.00 bits per heavy atom. The number of aromatic amines is 1. The lowest BCUT2D eigenvalue weighted by atomic mass is 9.95. The van der Waals surface area contributed by atoms with Crippen LogP contribution in [0.25, 0.3) is 22.7 Å². The van der Waals surface area contributed by atoms with Crippen LogP contribution in [-0.4, -0.2) is 18.2 Å². The van der Waals surface area contributed by atoms with E-state index in [9.17, 15) is 4.79 Å². The maximum absolute atomic E-state index is 11.7. The third kappa shape index (κ3) is 1.73. The summed E-state index contributed by atoms with van der Waals surface area (Å²) < 4.78 is 11.4. The monoisotopic (exact) mass is 293 g/mol. The van der Waals surface area contributed by atoms with Crippen molar-refractivity contribution >= 4 is 22.7 Å². The molecular formula is C18H15NO3. The minimum absolute atomic E-state index is 0.0923. The molecule has 0 amide bonds. The molecule has 4 rings (SSSR count). The molecule has 1 aromatic carbocycles. The number of benzene rings is 1. The number of fused-ring (bicyclic) bond motifs is 4. The maximum atomic E-state index is 11.7. The molecule has 2 aliphatic rings. The molecule has 1 aliphatic heterocycles. The van der Waals surface area contributed by atoms with E-state index in [-0.39, 0.29) is 11.7 Å². The van der Waals surface area contributed by atoms with Crippen LogP contribution in [0, 0.1) is 6.92 Å². The first-order valence-corrected chi connectivity index (χ1v) is 7.14. The van der Waals surface area contributed by atoms with Crippen molar-refractivity contribution in [3.8, 4) is 0 Å². The molecule has 0 bridgehead atoms. The van der Waals surface area contributed by atoms with Crippen LogP contribution >= 0.6 is 0 Å². The molecule has 1 aromatic heterocycles. The summed E-state index contributed by atoms with van der Waals surface area (Å²) in [5.41, 5.74) is 2.68. The molecule has 22 heavy (non-hydrogen) atoms. The van der Waals surface area contributed by atoms with E-state index < -0.39 is 0 Å². The predicted octanol–water partition coefficient (Wildman–Crippen LogP) is 1.22. The molecule has 0 spiro atoms. The summed E-state index contributed by atoms with van der Waals surface area (Å²) in [7, 11) is 1.66. The third-order valence-electron chi connectivity index (χ3n) is 4.17. The summed E-state index contributed by atoms with van der Waals surface area (Å²) in [5, 5.41) is 3.07. The van der Waals surface area contributed by atoms with E-state index in [1.54, 1.807) is 19.4 Å². The van der Waals surface area contributed by atoms with E-state index in [1.165, 1.54) is 0 Å². The van der Waals surface area contributed by atoms with Gasteiger partial charge in [0.2, 0.25) is 5.56 Å². The minimum Gasteiger partial charge on any atom is -0.496 e. The number of pyridine rings is 1. The van der Waals surface area contributed by atoms with Crippen LogP contribution in [0.1, 0.15) is 5.56 Å². The number of nitrogens with one attached hydrogen (secondary N) is 1. The zero-order chi connectivity index (χ0) is 15.3. The lowest BCUT2D eigenvalue weighted by molar-refractivity contribution is 0.250. The van der Waals surface area contributed by atoms with E-state index in [2.05, 4.69) is 4.98 Å². The highest BCUT2D eigenvalue weighted by molar-refractivity contribution is 5.85. The highest BCUT2D eigenvalue weighted by Crippen LogP contribution is 2.25. The summed E-state index contributed by atoms with van der Waals surface area (Å²) in [6.45, 7) is 1.94. The summed E-state index contributed by atoms with van der Waals surface area (Å²) in [6, 6.07) is 5.57. The summed E-state index contributed by atoms with van der Waals surface area (Å²) in [6.07, 6.45) is 7.53. The van der Waals surface area contributed by atoms with Crippen molar-refractivity contribution in [2.45, 2.75) is 13.0 Å². The van der Waals surface area contributed by atoms with Crippen molar-refractivity contribution in [2.24, 2.45) is 0 Å². The number of aromatic nitrogens is 1. The van der Waals surface area contributed by atoms with Gasteiger partial charge in [0.05, 0.1) is 13.4 Å². The van der Waals surface area contributed by atoms with Crippen molar-refractivity contribution in [1.29, 1.82) is 0 Å². The first kappa shape index (κ1) is 13.0. The molecule has 2 aromatic rings. The molecule has 0 unspecified atom stereocenters. The molecule has 2 heterocycles. The first-order valence-electron chi connectivity index (χ1n) is 7.14. The Bertz CT molecular complexity index is 1020.